The quantitative estimate of drug-likeness (QED) is 0.637. The zero-order chi connectivity index (χ0) is 9.47. The predicted octanol–water partition coefficient (Wildman–Crippen LogP) is 3.13. The van der Waals surface area contributed by atoms with Crippen molar-refractivity contribution in [1.29, 1.82) is 0 Å². The average molecular weight is 199 g/mol. The maximum atomic E-state index is 11.2. The van der Waals surface area contributed by atoms with Crippen molar-refractivity contribution in [2.45, 2.75) is 32.1 Å². The summed E-state index contributed by atoms with van der Waals surface area (Å²) in [7, 11) is 0. The Morgan fingerprint density at radius 1 is 1.62 bits per heavy atom. The molecule has 0 N–H and O–H groups in total. The highest BCUT2D eigenvalue weighted by atomic mass is 35.5. The van der Waals surface area contributed by atoms with Crippen molar-refractivity contribution >= 4 is 17.9 Å². The first-order chi connectivity index (χ1) is 6.16. The van der Waals surface area contributed by atoms with Crippen LogP contribution >= 0.6 is 11.6 Å². The normalized spacial score (nSPS) is 42.2. The zero-order valence-corrected chi connectivity index (χ0v) is 8.52. The molecule has 0 aromatic carbocycles. The highest BCUT2D eigenvalue weighted by Crippen LogP contribution is 2.57. The van der Waals surface area contributed by atoms with Gasteiger partial charge >= 0.3 is 0 Å². The lowest BCUT2D eigenvalue weighted by Crippen LogP contribution is -2.29. The van der Waals surface area contributed by atoms with Gasteiger partial charge in [-0.05, 0) is 37.5 Å². The minimum atomic E-state index is -0.137. The summed E-state index contributed by atoms with van der Waals surface area (Å²) in [5, 5.41) is 0.639. The highest BCUT2D eigenvalue weighted by Gasteiger charge is 2.50. The number of hydrogen-bond acceptors (Lipinski definition) is 1. The van der Waals surface area contributed by atoms with Crippen LogP contribution in [0.3, 0.4) is 0 Å². The Morgan fingerprint density at radius 2 is 2.38 bits per heavy atom. The summed E-state index contributed by atoms with van der Waals surface area (Å²) >= 11 is 5.81. The molecule has 0 saturated heterocycles. The van der Waals surface area contributed by atoms with E-state index in [4.69, 9.17) is 11.6 Å². The highest BCUT2D eigenvalue weighted by molar-refractivity contribution is 6.29. The van der Waals surface area contributed by atoms with Crippen LogP contribution in [0.2, 0.25) is 0 Å². The molecule has 0 aliphatic heterocycles. The van der Waals surface area contributed by atoms with Crippen molar-refractivity contribution < 1.29 is 4.79 Å². The maximum absolute atomic E-state index is 11.2. The Kier molecular flexibility index (Phi) is 2.23. The van der Waals surface area contributed by atoms with E-state index in [1.165, 1.54) is 19.3 Å². The third-order valence-electron chi connectivity index (χ3n) is 3.78. The maximum Gasteiger partial charge on any atom is 0.126 e. The van der Waals surface area contributed by atoms with E-state index < -0.39 is 0 Å². The fourth-order valence-electron chi connectivity index (χ4n) is 3.25. The second-order valence-electron chi connectivity index (χ2n) is 4.63. The SMILES string of the molecule is C=C(Cl)CC1(C=O)CC2CCC1C2. The van der Waals surface area contributed by atoms with E-state index in [2.05, 4.69) is 6.58 Å². The van der Waals surface area contributed by atoms with Gasteiger partial charge < -0.3 is 4.79 Å². The van der Waals surface area contributed by atoms with Gasteiger partial charge in [-0.1, -0.05) is 24.6 Å². The molecule has 72 valence electrons. The van der Waals surface area contributed by atoms with Gasteiger partial charge in [0.25, 0.3) is 0 Å². The third kappa shape index (κ3) is 1.43. The van der Waals surface area contributed by atoms with Gasteiger partial charge in [-0.15, -0.1) is 0 Å². The average Bonchev–Trinajstić information content (AvgIpc) is 2.62. The van der Waals surface area contributed by atoms with Crippen molar-refractivity contribution in [2.24, 2.45) is 17.3 Å². The summed E-state index contributed by atoms with van der Waals surface area (Å²) in [4.78, 5) is 11.2. The summed E-state index contributed by atoms with van der Waals surface area (Å²) in [6.45, 7) is 3.70. The fraction of sp³-hybridized carbons (Fsp3) is 0.727. The summed E-state index contributed by atoms with van der Waals surface area (Å²) in [6, 6.07) is 0. The van der Waals surface area contributed by atoms with E-state index in [0.717, 1.165) is 18.6 Å². The number of allylic oxidation sites excluding steroid dienone is 1. The first-order valence-corrected chi connectivity index (χ1v) is 5.34. The second-order valence-corrected chi connectivity index (χ2v) is 5.16. The van der Waals surface area contributed by atoms with Gasteiger partial charge in [0.15, 0.2) is 0 Å². The van der Waals surface area contributed by atoms with Crippen LogP contribution < -0.4 is 0 Å². The van der Waals surface area contributed by atoms with Gasteiger partial charge in [-0.3, -0.25) is 0 Å². The molecule has 2 aliphatic carbocycles. The Hall–Kier alpha value is -0.300. The van der Waals surface area contributed by atoms with Crippen molar-refractivity contribution in [1.82, 2.24) is 0 Å². The molecule has 0 aromatic heterocycles. The van der Waals surface area contributed by atoms with Crippen molar-refractivity contribution in [3.05, 3.63) is 11.6 Å². The third-order valence-corrected chi connectivity index (χ3v) is 3.91. The van der Waals surface area contributed by atoms with Crippen LogP contribution in [0, 0.1) is 17.3 Å². The lowest BCUT2D eigenvalue weighted by atomic mass is 9.72. The monoisotopic (exact) mass is 198 g/mol. The minimum absolute atomic E-state index is 0.137. The molecule has 2 bridgehead atoms. The van der Waals surface area contributed by atoms with Crippen molar-refractivity contribution in [3.63, 3.8) is 0 Å². The van der Waals surface area contributed by atoms with Crippen molar-refractivity contribution in [2.75, 3.05) is 0 Å². The van der Waals surface area contributed by atoms with Crippen LogP contribution in [-0.4, -0.2) is 6.29 Å². The van der Waals surface area contributed by atoms with Crippen LogP contribution in [0.15, 0.2) is 11.6 Å². The number of carbonyl (C=O) groups is 1. The van der Waals surface area contributed by atoms with E-state index >= 15 is 0 Å². The second kappa shape index (κ2) is 3.13. The molecule has 2 heteroatoms. The topological polar surface area (TPSA) is 17.1 Å². The number of fused-ring (bicyclic) bond motifs is 2. The molecule has 0 heterocycles. The summed E-state index contributed by atoms with van der Waals surface area (Å²) in [6.07, 6.45) is 6.65. The number of hydrogen-bond donors (Lipinski definition) is 0. The Labute approximate surface area is 84.2 Å². The fourth-order valence-corrected chi connectivity index (χ4v) is 3.50. The van der Waals surface area contributed by atoms with E-state index in [0.29, 0.717) is 17.4 Å². The minimum Gasteiger partial charge on any atom is -0.303 e. The summed E-state index contributed by atoms with van der Waals surface area (Å²) in [5.74, 6) is 1.37. The van der Waals surface area contributed by atoms with Gasteiger partial charge in [0.1, 0.15) is 6.29 Å². The molecule has 2 fully saturated rings. The molecule has 0 spiro atoms. The van der Waals surface area contributed by atoms with E-state index in [-0.39, 0.29) is 5.41 Å². The summed E-state index contributed by atoms with van der Waals surface area (Å²) < 4.78 is 0. The number of carbonyl (C=O) groups excluding carboxylic acids is 1. The molecule has 0 amide bonds. The molecule has 2 saturated carbocycles. The standard InChI is InChI=1S/C11H15ClO/c1-8(12)5-11(7-13)6-9-2-3-10(11)4-9/h7,9-10H,1-6H2. The molecule has 3 unspecified atom stereocenters. The van der Waals surface area contributed by atoms with Crippen LogP contribution in [0.4, 0.5) is 0 Å². The first kappa shape index (κ1) is 9.26. The van der Waals surface area contributed by atoms with Crippen LogP contribution in [0.5, 0.6) is 0 Å². The van der Waals surface area contributed by atoms with Crippen molar-refractivity contribution in [3.8, 4) is 0 Å². The molecule has 1 nitrogen and oxygen atoms in total. The molecule has 2 aliphatic rings. The molecule has 0 radical (unpaired) electrons. The Balaban J connectivity index is 2.17. The smallest absolute Gasteiger partial charge is 0.126 e. The zero-order valence-electron chi connectivity index (χ0n) is 7.76. The van der Waals surface area contributed by atoms with Crippen LogP contribution in [0.25, 0.3) is 0 Å². The van der Waals surface area contributed by atoms with E-state index in [1.54, 1.807) is 0 Å². The Morgan fingerprint density at radius 3 is 2.77 bits per heavy atom. The molecular weight excluding hydrogens is 184 g/mol. The largest absolute Gasteiger partial charge is 0.303 e. The molecule has 0 aromatic rings. The van der Waals surface area contributed by atoms with Gasteiger partial charge in [-0.2, -0.15) is 0 Å². The van der Waals surface area contributed by atoms with Gasteiger partial charge in [0.05, 0.1) is 0 Å². The Bertz CT molecular complexity index is 248. The summed E-state index contributed by atoms with van der Waals surface area (Å²) in [5.41, 5.74) is -0.137. The van der Waals surface area contributed by atoms with Crippen LogP contribution in [0.1, 0.15) is 32.1 Å². The van der Waals surface area contributed by atoms with Crippen LogP contribution in [-0.2, 0) is 4.79 Å². The van der Waals surface area contributed by atoms with E-state index in [1.807, 2.05) is 0 Å². The van der Waals surface area contributed by atoms with Gasteiger partial charge in [-0.25, -0.2) is 0 Å². The predicted molar refractivity (Wildman–Crippen MR) is 53.6 cm³/mol. The molecular formula is C11H15ClO. The number of halogens is 1. The molecule has 2 rings (SSSR count). The molecule has 13 heavy (non-hydrogen) atoms. The first-order valence-electron chi connectivity index (χ1n) is 4.96. The van der Waals surface area contributed by atoms with E-state index in [9.17, 15) is 4.79 Å². The molecule has 3 atom stereocenters. The van der Waals surface area contributed by atoms with Gasteiger partial charge in [0.2, 0.25) is 0 Å². The number of rotatable bonds is 3. The number of aldehydes is 1. The lowest BCUT2D eigenvalue weighted by Gasteiger charge is -2.31. The van der Waals surface area contributed by atoms with Gasteiger partial charge in [0, 0.05) is 10.4 Å². The lowest BCUT2D eigenvalue weighted by molar-refractivity contribution is -0.118.